The maximum Gasteiger partial charge on any atom is 0.198 e. The summed E-state index contributed by atoms with van der Waals surface area (Å²) >= 11 is 3.46. The summed E-state index contributed by atoms with van der Waals surface area (Å²) in [5, 5.41) is 0. The minimum Gasteiger partial charge on any atom is -0.496 e. The normalized spacial score (nSPS) is 10.7. The van der Waals surface area contributed by atoms with Crippen molar-refractivity contribution in [1.29, 1.82) is 0 Å². The quantitative estimate of drug-likeness (QED) is 0.540. The highest BCUT2D eigenvalue weighted by Crippen LogP contribution is 2.40. The van der Waals surface area contributed by atoms with Crippen molar-refractivity contribution in [2.24, 2.45) is 0 Å². The van der Waals surface area contributed by atoms with Crippen LogP contribution >= 0.6 is 15.9 Å². The number of hydrogen-bond acceptors (Lipinski definition) is 6. The number of nitrogens with zero attached hydrogens (tertiary/aromatic N) is 1. The third-order valence-electron chi connectivity index (χ3n) is 4.41. The molecule has 0 aliphatic heterocycles. The molecule has 7 heteroatoms. The first-order chi connectivity index (χ1) is 13.4. The standard InChI is InChI=1S/C21H26BrNO5/c1-23(2)10-9-13-11-18(27-5)15(12-17(13)26-4)20(24)14-7-8-16(25-3)21(28-6)19(14)22/h7-8,11-12H,9-10H2,1-6H3. The monoisotopic (exact) mass is 451 g/mol. The molecule has 0 heterocycles. The van der Waals surface area contributed by atoms with E-state index in [1.807, 2.05) is 20.2 Å². The summed E-state index contributed by atoms with van der Waals surface area (Å²) in [6.07, 6.45) is 0.779. The van der Waals surface area contributed by atoms with E-state index in [9.17, 15) is 4.79 Å². The Balaban J connectivity index is 2.53. The Hall–Kier alpha value is -2.25. The lowest BCUT2D eigenvalue weighted by Crippen LogP contribution is -2.16. The fourth-order valence-corrected chi connectivity index (χ4v) is 3.56. The zero-order chi connectivity index (χ0) is 20.8. The third-order valence-corrected chi connectivity index (χ3v) is 5.19. The van der Waals surface area contributed by atoms with Crippen LogP contribution in [0.2, 0.25) is 0 Å². The van der Waals surface area contributed by atoms with E-state index in [2.05, 4.69) is 20.8 Å². The van der Waals surface area contributed by atoms with Crippen molar-refractivity contribution in [1.82, 2.24) is 4.90 Å². The number of ether oxygens (including phenoxy) is 4. The van der Waals surface area contributed by atoms with Crippen molar-refractivity contribution in [3.05, 3.63) is 45.4 Å². The molecule has 0 saturated carbocycles. The summed E-state index contributed by atoms with van der Waals surface area (Å²) in [4.78, 5) is 15.4. The molecule has 2 rings (SSSR count). The van der Waals surface area contributed by atoms with Gasteiger partial charge in [-0.15, -0.1) is 0 Å². The van der Waals surface area contributed by atoms with Crippen LogP contribution in [0.1, 0.15) is 21.5 Å². The summed E-state index contributed by atoms with van der Waals surface area (Å²) in [6, 6.07) is 6.99. The molecule has 0 spiro atoms. The van der Waals surface area contributed by atoms with Gasteiger partial charge in [0.05, 0.1) is 38.5 Å². The number of halogens is 1. The van der Waals surface area contributed by atoms with E-state index >= 15 is 0 Å². The summed E-state index contributed by atoms with van der Waals surface area (Å²) in [7, 11) is 10.2. The minimum absolute atomic E-state index is 0.206. The van der Waals surface area contributed by atoms with Crippen LogP contribution < -0.4 is 18.9 Å². The number of ketones is 1. The molecule has 0 radical (unpaired) electrons. The highest BCUT2D eigenvalue weighted by molar-refractivity contribution is 9.10. The number of benzene rings is 2. The Kier molecular flexibility index (Phi) is 7.71. The molecule has 0 bridgehead atoms. The Bertz CT molecular complexity index is 851. The topological polar surface area (TPSA) is 57.2 Å². The van der Waals surface area contributed by atoms with Crippen LogP contribution in [0.3, 0.4) is 0 Å². The van der Waals surface area contributed by atoms with E-state index in [0.29, 0.717) is 38.6 Å². The molecule has 152 valence electrons. The Morgan fingerprint density at radius 1 is 0.893 bits per heavy atom. The van der Waals surface area contributed by atoms with Gasteiger partial charge in [-0.1, -0.05) is 0 Å². The molecule has 0 aliphatic carbocycles. The van der Waals surface area contributed by atoms with E-state index in [4.69, 9.17) is 18.9 Å². The molecular formula is C21H26BrNO5. The Morgan fingerprint density at radius 3 is 2.07 bits per heavy atom. The second-order valence-electron chi connectivity index (χ2n) is 6.41. The van der Waals surface area contributed by atoms with Crippen molar-refractivity contribution in [2.45, 2.75) is 6.42 Å². The lowest BCUT2D eigenvalue weighted by molar-refractivity contribution is 0.103. The molecule has 0 saturated heterocycles. The number of hydrogen-bond donors (Lipinski definition) is 0. The fraction of sp³-hybridized carbons (Fsp3) is 0.381. The lowest BCUT2D eigenvalue weighted by Gasteiger charge is -2.17. The summed E-state index contributed by atoms with van der Waals surface area (Å²) in [5.41, 5.74) is 1.84. The molecule has 2 aromatic rings. The molecule has 2 aromatic carbocycles. The van der Waals surface area contributed by atoms with E-state index in [1.54, 1.807) is 39.5 Å². The van der Waals surface area contributed by atoms with Gasteiger partial charge in [-0.3, -0.25) is 4.79 Å². The van der Waals surface area contributed by atoms with Gasteiger partial charge in [-0.05, 0) is 66.3 Å². The fourth-order valence-electron chi connectivity index (χ4n) is 2.89. The van der Waals surface area contributed by atoms with E-state index in [-0.39, 0.29) is 5.78 Å². The highest BCUT2D eigenvalue weighted by atomic mass is 79.9. The molecule has 0 amide bonds. The van der Waals surface area contributed by atoms with Gasteiger partial charge in [0.2, 0.25) is 0 Å². The molecule has 28 heavy (non-hydrogen) atoms. The number of likely N-dealkylation sites (N-methyl/N-ethyl adjacent to an activating group) is 1. The van der Waals surface area contributed by atoms with Crippen molar-refractivity contribution in [2.75, 3.05) is 49.1 Å². The van der Waals surface area contributed by atoms with Gasteiger partial charge < -0.3 is 23.8 Å². The Morgan fingerprint density at radius 2 is 1.54 bits per heavy atom. The number of carbonyl (C=O) groups excluding carboxylic acids is 1. The highest BCUT2D eigenvalue weighted by Gasteiger charge is 2.23. The molecule has 0 aliphatic rings. The van der Waals surface area contributed by atoms with Gasteiger partial charge in [-0.2, -0.15) is 0 Å². The number of rotatable bonds is 9. The van der Waals surface area contributed by atoms with Crippen LogP contribution in [0.25, 0.3) is 0 Å². The maximum absolute atomic E-state index is 13.3. The van der Waals surface area contributed by atoms with E-state index < -0.39 is 0 Å². The van der Waals surface area contributed by atoms with Gasteiger partial charge >= 0.3 is 0 Å². The van der Waals surface area contributed by atoms with Gasteiger partial charge in [-0.25, -0.2) is 0 Å². The first-order valence-corrected chi connectivity index (χ1v) is 9.52. The summed E-state index contributed by atoms with van der Waals surface area (Å²) in [5.74, 6) is 1.95. The third kappa shape index (κ3) is 4.59. The summed E-state index contributed by atoms with van der Waals surface area (Å²) in [6.45, 7) is 0.855. The smallest absolute Gasteiger partial charge is 0.198 e. The first-order valence-electron chi connectivity index (χ1n) is 8.72. The van der Waals surface area contributed by atoms with Gasteiger partial charge in [0.15, 0.2) is 17.3 Å². The van der Waals surface area contributed by atoms with Crippen LogP contribution in [0.5, 0.6) is 23.0 Å². The average Bonchev–Trinajstić information content (AvgIpc) is 2.70. The van der Waals surface area contributed by atoms with Crippen LogP contribution in [-0.4, -0.2) is 59.8 Å². The number of methoxy groups -OCH3 is 4. The molecule has 0 unspecified atom stereocenters. The predicted octanol–water partition coefficient (Wildman–Crippen LogP) is 3.82. The zero-order valence-corrected chi connectivity index (χ0v) is 18.7. The maximum atomic E-state index is 13.3. The van der Waals surface area contributed by atoms with Gasteiger partial charge in [0, 0.05) is 12.1 Å². The molecule has 0 N–H and O–H groups in total. The van der Waals surface area contributed by atoms with Crippen molar-refractivity contribution < 1.29 is 23.7 Å². The molecule has 0 aromatic heterocycles. The number of carbonyl (C=O) groups is 1. The van der Waals surface area contributed by atoms with Crippen molar-refractivity contribution in [3.8, 4) is 23.0 Å². The SMILES string of the molecule is COc1cc(C(=O)c2ccc(OC)c(OC)c2Br)c(OC)cc1CCN(C)C. The van der Waals surface area contributed by atoms with Gasteiger partial charge in [0.1, 0.15) is 11.5 Å². The Labute approximate surface area is 174 Å². The predicted molar refractivity (Wildman–Crippen MR) is 112 cm³/mol. The van der Waals surface area contributed by atoms with Crippen LogP contribution in [0, 0.1) is 0 Å². The average molecular weight is 452 g/mol. The molecular weight excluding hydrogens is 426 g/mol. The lowest BCUT2D eigenvalue weighted by atomic mass is 9.98. The van der Waals surface area contributed by atoms with E-state index in [0.717, 1.165) is 18.5 Å². The van der Waals surface area contributed by atoms with E-state index in [1.165, 1.54) is 7.11 Å². The largest absolute Gasteiger partial charge is 0.496 e. The van der Waals surface area contributed by atoms with Crippen LogP contribution in [-0.2, 0) is 6.42 Å². The molecule has 0 atom stereocenters. The van der Waals surface area contributed by atoms with Crippen molar-refractivity contribution in [3.63, 3.8) is 0 Å². The zero-order valence-electron chi connectivity index (χ0n) is 17.1. The second kappa shape index (κ2) is 9.80. The van der Waals surface area contributed by atoms with Gasteiger partial charge in [0.25, 0.3) is 0 Å². The second-order valence-corrected chi connectivity index (χ2v) is 7.20. The minimum atomic E-state index is -0.206. The van der Waals surface area contributed by atoms with Crippen LogP contribution in [0.15, 0.2) is 28.7 Å². The van der Waals surface area contributed by atoms with Crippen molar-refractivity contribution >= 4 is 21.7 Å². The molecule has 0 fully saturated rings. The first kappa shape index (κ1) is 22.0. The summed E-state index contributed by atoms with van der Waals surface area (Å²) < 4.78 is 22.2. The van der Waals surface area contributed by atoms with Crippen LogP contribution in [0.4, 0.5) is 0 Å². The molecule has 6 nitrogen and oxygen atoms in total.